The van der Waals surface area contributed by atoms with Crippen LogP contribution in [-0.4, -0.2) is 58.9 Å². The van der Waals surface area contributed by atoms with Crippen molar-refractivity contribution in [3.63, 3.8) is 0 Å². The van der Waals surface area contributed by atoms with Gasteiger partial charge in [-0.15, -0.1) is 0 Å². The fourth-order valence-electron chi connectivity index (χ4n) is 5.97. The van der Waals surface area contributed by atoms with E-state index >= 15 is 0 Å². The molecule has 2 saturated carbocycles. The van der Waals surface area contributed by atoms with Crippen LogP contribution in [-0.2, 0) is 27.6 Å². The molecular formula is C36H50N4O4S. The summed E-state index contributed by atoms with van der Waals surface area (Å²) in [6.07, 6.45) is 11.8. The van der Waals surface area contributed by atoms with Gasteiger partial charge < -0.3 is 20.1 Å². The van der Waals surface area contributed by atoms with Gasteiger partial charge in [-0.05, 0) is 105 Å². The van der Waals surface area contributed by atoms with E-state index in [1.807, 2.05) is 66.2 Å². The Bertz CT molecular complexity index is 1460. The molecule has 0 aliphatic heterocycles. The number of anilines is 1. The molecule has 5 rings (SSSR count). The van der Waals surface area contributed by atoms with Crippen molar-refractivity contribution in [2.75, 3.05) is 36.4 Å². The summed E-state index contributed by atoms with van der Waals surface area (Å²) >= 11 is 0. The minimum Gasteiger partial charge on any atom is -0.445 e. The number of carbonyl (C=O) groups is 2. The highest BCUT2D eigenvalue weighted by Gasteiger charge is 2.48. The predicted octanol–water partition coefficient (Wildman–Crippen LogP) is 7.28. The number of hydrogen-bond donors (Lipinski definition) is 2. The number of ether oxygens (including phenoxy) is 2. The van der Waals surface area contributed by atoms with E-state index in [1.165, 1.54) is 12.8 Å². The highest BCUT2D eigenvalue weighted by molar-refractivity contribution is 8.32. The lowest BCUT2D eigenvalue weighted by molar-refractivity contribution is -0.119. The van der Waals surface area contributed by atoms with Crippen molar-refractivity contribution in [2.45, 2.75) is 72.3 Å². The molecule has 3 aromatic rings. The zero-order chi connectivity index (χ0) is 32.2. The molecule has 9 heteroatoms. The van der Waals surface area contributed by atoms with Gasteiger partial charge in [0.15, 0.2) is 0 Å². The molecule has 2 atom stereocenters. The van der Waals surface area contributed by atoms with Crippen LogP contribution >= 0.6 is 10.0 Å². The molecule has 2 fully saturated rings. The van der Waals surface area contributed by atoms with Gasteiger partial charge in [0.2, 0.25) is 5.91 Å². The van der Waals surface area contributed by atoms with Crippen LogP contribution in [0.2, 0.25) is 0 Å². The molecule has 0 spiro atoms. The third kappa shape index (κ3) is 9.36. The molecular weight excluding hydrogens is 584 g/mol. The largest absolute Gasteiger partial charge is 0.445 e. The van der Waals surface area contributed by atoms with E-state index in [1.54, 1.807) is 0 Å². The Labute approximate surface area is 270 Å². The minimum atomic E-state index is -0.666. The maximum atomic E-state index is 13.8. The number of aromatic nitrogens is 2. The van der Waals surface area contributed by atoms with Crippen molar-refractivity contribution in [2.24, 2.45) is 17.3 Å². The number of hydrogen-bond acceptors (Lipinski definition) is 5. The summed E-state index contributed by atoms with van der Waals surface area (Å²) in [6.45, 7) is 7.68. The Kier molecular flexibility index (Phi) is 10.3. The average molecular weight is 635 g/mol. The second-order valence-corrected chi connectivity index (χ2v) is 18.7. The van der Waals surface area contributed by atoms with E-state index < -0.39 is 22.2 Å². The molecule has 2 aromatic carbocycles. The van der Waals surface area contributed by atoms with Crippen molar-refractivity contribution in [1.82, 2.24) is 15.1 Å². The van der Waals surface area contributed by atoms with Gasteiger partial charge >= 0.3 is 6.09 Å². The summed E-state index contributed by atoms with van der Waals surface area (Å²) < 4.78 is 13.4. The monoisotopic (exact) mass is 634 g/mol. The van der Waals surface area contributed by atoms with Crippen LogP contribution in [0, 0.1) is 31.1 Å². The van der Waals surface area contributed by atoms with Gasteiger partial charge in [0.25, 0.3) is 0 Å². The van der Waals surface area contributed by atoms with Crippen LogP contribution in [0.25, 0.3) is 11.1 Å². The smallest absolute Gasteiger partial charge is 0.408 e. The molecule has 2 aliphatic carbocycles. The molecule has 0 saturated heterocycles. The Hall–Kier alpha value is -3.30. The Morgan fingerprint density at radius 1 is 1.04 bits per heavy atom. The van der Waals surface area contributed by atoms with Gasteiger partial charge in [-0.25, -0.2) is 19.5 Å². The van der Waals surface area contributed by atoms with E-state index in [0.717, 1.165) is 59.7 Å². The Morgan fingerprint density at radius 2 is 1.73 bits per heavy atom. The van der Waals surface area contributed by atoms with Crippen LogP contribution in [0.1, 0.15) is 56.0 Å². The minimum absolute atomic E-state index is 0.0733. The van der Waals surface area contributed by atoms with Gasteiger partial charge in [-0.2, -0.15) is 5.10 Å². The molecule has 1 aromatic heterocycles. The van der Waals surface area contributed by atoms with E-state index in [4.69, 9.17) is 14.6 Å². The van der Waals surface area contributed by atoms with Crippen molar-refractivity contribution >= 4 is 27.7 Å². The second kappa shape index (κ2) is 14.0. The highest BCUT2D eigenvalue weighted by Crippen LogP contribution is 2.54. The van der Waals surface area contributed by atoms with E-state index in [2.05, 4.69) is 43.2 Å². The summed E-state index contributed by atoms with van der Waals surface area (Å²) in [7, 11) is -0.595. The maximum Gasteiger partial charge on any atom is 0.408 e. The zero-order valence-corrected chi connectivity index (χ0v) is 28.5. The first kappa shape index (κ1) is 33.1. The van der Waals surface area contributed by atoms with Gasteiger partial charge in [0.05, 0.1) is 12.3 Å². The summed E-state index contributed by atoms with van der Waals surface area (Å²) in [6, 6.07) is 16.8. The maximum absolute atomic E-state index is 13.8. The lowest BCUT2D eigenvalue weighted by Crippen LogP contribution is -2.49. The fourth-order valence-corrected chi connectivity index (χ4v) is 6.58. The summed E-state index contributed by atoms with van der Waals surface area (Å²) in [5.41, 5.74) is 5.94. The van der Waals surface area contributed by atoms with Crippen LogP contribution < -0.4 is 10.6 Å². The molecule has 244 valence electrons. The topological polar surface area (TPSA) is 94.5 Å². The number of amides is 2. The summed E-state index contributed by atoms with van der Waals surface area (Å²) in [5.74, 6) is 1.38. The number of nitrogens with zero attached hydrogens (tertiary/aromatic N) is 2. The second-order valence-electron chi connectivity index (χ2n) is 14.1. The van der Waals surface area contributed by atoms with Gasteiger partial charge in [-0.3, -0.25) is 4.79 Å². The van der Waals surface area contributed by atoms with Gasteiger partial charge in [0, 0.05) is 22.7 Å². The SMILES string of the molecule is Cc1nn(COCCS(C)(C)C)c(C)c1-c1ccc(NC(=O)[C@@H](NC(=O)OCc2ccccc2)[C@H](CC2(C)CC2)C2CC2)cc1. The van der Waals surface area contributed by atoms with Crippen molar-refractivity contribution in [1.29, 1.82) is 0 Å². The van der Waals surface area contributed by atoms with Gasteiger partial charge in [-0.1, -0.05) is 49.4 Å². The molecule has 2 N–H and O–H groups in total. The first-order valence-electron chi connectivity index (χ1n) is 16.1. The molecule has 2 aliphatic rings. The number of benzene rings is 2. The van der Waals surface area contributed by atoms with Crippen LogP contribution in [0.4, 0.5) is 10.5 Å². The lowest BCUT2D eigenvalue weighted by atomic mass is 9.83. The third-order valence-electron chi connectivity index (χ3n) is 9.13. The van der Waals surface area contributed by atoms with Crippen LogP contribution in [0.3, 0.4) is 0 Å². The standard InChI is InChI=1S/C36H50N4O4S/c1-25-32(26(2)40(39-25)24-43-20-21-45(4,5)6)29-14-16-30(17-15-29)37-34(41)33(31(28-12-13-28)22-36(3)18-19-36)38-35(42)44-23-27-10-8-7-9-11-27/h7-11,14-17,28,31,33H,12-13,18-24H2,1-6H3,(H,37,41)(H,38,42)/t31-,33+/m1/s1. The first-order chi connectivity index (χ1) is 21.4. The number of rotatable bonds is 15. The predicted molar refractivity (Wildman–Crippen MR) is 184 cm³/mol. The summed E-state index contributed by atoms with van der Waals surface area (Å²) in [5, 5.41) is 10.8. The molecule has 8 nitrogen and oxygen atoms in total. The third-order valence-corrected chi connectivity index (χ3v) is 10.5. The Morgan fingerprint density at radius 3 is 2.36 bits per heavy atom. The van der Waals surface area contributed by atoms with Crippen molar-refractivity contribution in [3.05, 3.63) is 71.5 Å². The molecule has 0 bridgehead atoms. The molecule has 45 heavy (non-hydrogen) atoms. The molecule has 0 unspecified atom stereocenters. The number of alkyl carbamates (subject to hydrolysis) is 1. The van der Waals surface area contributed by atoms with E-state index in [-0.39, 0.29) is 23.8 Å². The summed E-state index contributed by atoms with van der Waals surface area (Å²) in [4.78, 5) is 26.8. The van der Waals surface area contributed by atoms with E-state index in [0.29, 0.717) is 18.3 Å². The lowest BCUT2D eigenvalue weighted by Gasteiger charge is -2.29. The molecule has 1 heterocycles. The van der Waals surface area contributed by atoms with Gasteiger partial charge in [0.1, 0.15) is 19.4 Å². The number of aryl methyl sites for hydroxylation is 1. The highest BCUT2D eigenvalue weighted by atomic mass is 32.3. The van der Waals surface area contributed by atoms with Crippen molar-refractivity contribution in [3.8, 4) is 11.1 Å². The normalized spacial score (nSPS) is 17.3. The quantitative estimate of drug-likeness (QED) is 0.171. The van der Waals surface area contributed by atoms with Crippen molar-refractivity contribution < 1.29 is 19.1 Å². The van der Waals surface area contributed by atoms with Crippen LogP contribution in [0.15, 0.2) is 54.6 Å². The zero-order valence-electron chi connectivity index (χ0n) is 27.7. The fraction of sp³-hybridized carbons (Fsp3) is 0.528. The van der Waals surface area contributed by atoms with Crippen LogP contribution in [0.5, 0.6) is 0 Å². The first-order valence-corrected chi connectivity index (χ1v) is 19.1. The average Bonchev–Trinajstić information content (AvgIpc) is 3.93. The molecule has 0 radical (unpaired) electrons. The molecule has 2 amide bonds. The van der Waals surface area contributed by atoms with E-state index in [9.17, 15) is 9.59 Å². The number of carbonyl (C=O) groups excluding carboxylic acids is 2. The number of nitrogens with one attached hydrogen (secondary N) is 2. The Balaban J connectivity index is 1.25.